The third-order valence-corrected chi connectivity index (χ3v) is 5.38. The predicted molar refractivity (Wildman–Crippen MR) is 114 cm³/mol. The monoisotopic (exact) mass is 389 g/mol. The number of carbonyl (C=O) groups is 1. The van der Waals surface area contributed by atoms with Crippen molar-refractivity contribution in [3.8, 4) is 0 Å². The van der Waals surface area contributed by atoms with E-state index in [9.17, 15) is 4.79 Å². The van der Waals surface area contributed by atoms with Crippen LogP contribution in [0.1, 0.15) is 29.6 Å². The number of aromatic nitrogens is 2. The van der Waals surface area contributed by atoms with E-state index in [0.717, 1.165) is 33.6 Å². The zero-order chi connectivity index (χ0) is 19.7. The summed E-state index contributed by atoms with van der Waals surface area (Å²) in [7, 11) is 0. The largest absolute Gasteiger partial charge is 0.437 e. The fourth-order valence-electron chi connectivity index (χ4n) is 2.96. The van der Waals surface area contributed by atoms with Crippen molar-refractivity contribution < 1.29 is 9.21 Å². The highest BCUT2D eigenvalue weighted by Gasteiger charge is 2.19. The normalized spacial score (nSPS) is 11.4. The third kappa shape index (κ3) is 3.46. The molecule has 0 saturated carbocycles. The number of anilines is 2. The smallest absolute Gasteiger partial charge is 0.230 e. The van der Waals surface area contributed by atoms with Gasteiger partial charge >= 0.3 is 0 Å². The van der Waals surface area contributed by atoms with Crippen LogP contribution in [0.25, 0.3) is 23.3 Å². The predicted octanol–water partition coefficient (Wildman–Crippen LogP) is 5.76. The number of para-hydroxylation sites is 2. The van der Waals surface area contributed by atoms with Gasteiger partial charge in [0.05, 0.1) is 11.4 Å². The molecule has 0 unspecified atom stereocenters. The Morgan fingerprint density at radius 1 is 1.07 bits per heavy atom. The van der Waals surface area contributed by atoms with Gasteiger partial charge in [0.15, 0.2) is 10.7 Å². The van der Waals surface area contributed by atoms with E-state index in [2.05, 4.69) is 9.97 Å². The molecule has 2 aromatic heterocycles. The summed E-state index contributed by atoms with van der Waals surface area (Å²) >= 11 is 1.43. The fourth-order valence-corrected chi connectivity index (χ4v) is 3.81. The van der Waals surface area contributed by atoms with E-state index in [1.165, 1.54) is 11.3 Å². The second kappa shape index (κ2) is 7.40. The van der Waals surface area contributed by atoms with E-state index in [4.69, 9.17) is 4.42 Å². The van der Waals surface area contributed by atoms with Crippen molar-refractivity contribution in [3.05, 3.63) is 70.6 Å². The van der Waals surface area contributed by atoms with Crippen molar-refractivity contribution in [3.63, 3.8) is 0 Å². The zero-order valence-corrected chi connectivity index (χ0v) is 16.7. The summed E-state index contributed by atoms with van der Waals surface area (Å²) in [5, 5.41) is 2.55. The summed E-state index contributed by atoms with van der Waals surface area (Å²) in [5.41, 5.74) is 5.38. The number of benzene rings is 2. The summed E-state index contributed by atoms with van der Waals surface area (Å²) in [6, 6.07) is 13.6. The van der Waals surface area contributed by atoms with Gasteiger partial charge in [-0.25, -0.2) is 9.97 Å². The van der Waals surface area contributed by atoms with Crippen molar-refractivity contribution in [2.45, 2.75) is 20.8 Å². The summed E-state index contributed by atoms with van der Waals surface area (Å²) in [6.07, 6.45) is 3.63. The standard InChI is InChI=1S/C22H19N3O2S/c1-14-7-6-9-19(15(14)2)25(16(3)26)22-23-17(13-28-22)11-12-21-24-18-8-4-5-10-20(18)27-21/h4-13H,1-3H3/b12-11+. The molecule has 0 fully saturated rings. The minimum Gasteiger partial charge on any atom is -0.437 e. The Hall–Kier alpha value is -3.25. The summed E-state index contributed by atoms with van der Waals surface area (Å²) in [5.74, 6) is 0.450. The molecule has 5 nitrogen and oxygen atoms in total. The Kier molecular flexibility index (Phi) is 4.79. The van der Waals surface area contributed by atoms with Gasteiger partial charge in [-0.05, 0) is 49.2 Å². The van der Waals surface area contributed by atoms with Crippen molar-refractivity contribution >= 4 is 51.3 Å². The minimum atomic E-state index is -0.0717. The van der Waals surface area contributed by atoms with Gasteiger partial charge < -0.3 is 4.42 Å². The molecular formula is C22H19N3O2S. The molecule has 140 valence electrons. The number of rotatable bonds is 4. The Bertz CT molecular complexity index is 1160. The van der Waals surface area contributed by atoms with Crippen LogP contribution in [0, 0.1) is 13.8 Å². The highest BCUT2D eigenvalue weighted by Crippen LogP contribution is 2.32. The fraction of sp³-hybridized carbons (Fsp3) is 0.136. The van der Waals surface area contributed by atoms with Gasteiger partial charge in [0.2, 0.25) is 11.8 Å². The molecule has 0 aliphatic heterocycles. The van der Waals surface area contributed by atoms with Crippen LogP contribution < -0.4 is 4.90 Å². The van der Waals surface area contributed by atoms with Crippen molar-refractivity contribution in [2.24, 2.45) is 0 Å². The van der Waals surface area contributed by atoms with Crippen LogP contribution in [0.2, 0.25) is 0 Å². The van der Waals surface area contributed by atoms with Crippen LogP contribution in [-0.2, 0) is 4.79 Å². The molecule has 1 amide bonds. The number of nitrogens with zero attached hydrogens (tertiary/aromatic N) is 3. The molecule has 0 aliphatic rings. The maximum absolute atomic E-state index is 12.3. The molecule has 0 aliphatic carbocycles. The molecule has 28 heavy (non-hydrogen) atoms. The van der Waals surface area contributed by atoms with Crippen molar-refractivity contribution in [1.82, 2.24) is 9.97 Å². The molecule has 0 N–H and O–H groups in total. The van der Waals surface area contributed by atoms with Crippen molar-refractivity contribution in [1.29, 1.82) is 0 Å². The van der Waals surface area contributed by atoms with Gasteiger partial charge in [-0.2, -0.15) is 0 Å². The van der Waals surface area contributed by atoms with Gasteiger partial charge in [0.1, 0.15) is 5.52 Å². The molecule has 4 rings (SSSR count). The van der Waals surface area contributed by atoms with E-state index in [1.54, 1.807) is 17.9 Å². The lowest BCUT2D eigenvalue weighted by molar-refractivity contribution is -0.115. The first-order valence-corrected chi connectivity index (χ1v) is 9.77. The number of carbonyl (C=O) groups excluding carboxylic acids is 1. The SMILES string of the molecule is CC(=O)N(c1nc(/C=C/c2nc3ccccc3o2)cs1)c1cccc(C)c1C. The highest BCUT2D eigenvalue weighted by molar-refractivity contribution is 7.14. The first kappa shape index (κ1) is 18.1. The number of hydrogen-bond acceptors (Lipinski definition) is 5. The van der Waals surface area contributed by atoms with Gasteiger partial charge in [-0.15, -0.1) is 11.3 Å². The van der Waals surface area contributed by atoms with Crippen LogP contribution in [-0.4, -0.2) is 15.9 Å². The Labute approximate surface area is 167 Å². The van der Waals surface area contributed by atoms with Crippen LogP contribution in [0.4, 0.5) is 10.8 Å². The molecule has 0 saturated heterocycles. The van der Waals surface area contributed by atoms with Crippen LogP contribution >= 0.6 is 11.3 Å². The number of thiazole rings is 1. The number of fused-ring (bicyclic) bond motifs is 1. The van der Waals surface area contributed by atoms with Gasteiger partial charge in [-0.3, -0.25) is 9.69 Å². The average molecular weight is 389 g/mol. The van der Waals surface area contributed by atoms with E-state index >= 15 is 0 Å². The number of oxazole rings is 1. The lowest BCUT2D eigenvalue weighted by atomic mass is 10.1. The molecule has 2 aromatic carbocycles. The number of amides is 1. The number of hydrogen-bond donors (Lipinski definition) is 0. The van der Waals surface area contributed by atoms with Gasteiger partial charge in [-0.1, -0.05) is 24.3 Å². The molecule has 0 radical (unpaired) electrons. The van der Waals surface area contributed by atoms with E-state index in [-0.39, 0.29) is 5.91 Å². The van der Waals surface area contributed by atoms with Crippen molar-refractivity contribution in [2.75, 3.05) is 4.90 Å². The zero-order valence-electron chi connectivity index (χ0n) is 15.8. The van der Waals surface area contributed by atoms with E-state index in [0.29, 0.717) is 11.0 Å². The quantitative estimate of drug-likeness (QED) is 0.445. The lowest BCUT2D eigenvalue weighted by Crippen LogP contribution is -2.23. The first-order valence-electron chi connectivity index (χ1n) is 8.89. The summed E-state index contributed by atoms with van der Waals surface area (Å²) < 4.78 is 5.69. The second-order valence-electron chi connectivity index (χ2n) is 6.48. The van der Waals surface area contributed by atoms with E-state index in [1.807, 2.05) is 67.8 Å². The second-order valence-corrected chi connectivity index (χ2v) is 7.32. The molecule has 0 atom stereocenters. The van der Waals surface area contributed by atoms with Crippen LogP contribution in [0.15, 0.2) is 52.3 Å². The summed E-state index contributed by atoms with van der Waals surface area (Å²) in [4.78, 5) is 23.0. The average Bonchev–Trinajstić information content (AvgIpc) is 3.30. The maximum atomic E-state index is 12.3. The summed E-state index contributed by atoms with van der Waals surface area (Å²) in [6.45, 7) is 5.60. The third-order valence-electron chi connectivity index (χ3n) is 4.54. The molecule has 4 aromatic rings. The Morgan fingerprint density at radius 2 is 1.89 bits per heavy atom. The van der Waals surface area contributed by atoms with Crippen LogP contribution in [0.5, 0.6) is 0 Å². The molecule has 2 heterocycles. The lowest BCUT2D eigenvalue weighted by Gasteiger charge is -2.21. The number of aryl methyl sites for hydroxylation is 1. The van der Waals surface area contributed by atoms with Gasteiger partial charge in [0.25, 0.3) is 0 Å². The van der Waals surface area contributed by atoms with E-state index < -0.39 is 0 Å². The molecule has 0 spiro atoms. The highest BCUT2D eigenvalue weighted by atomic mass is 32.1. The first-order chi connectivity index (χ1) is 13.5. The minimum absolute atomic E-state index is 0.0717. The maximum Gasteiger partial charge on any atom is 0.230 e. The Morgan fingerprint density at radius 3 is 2.68 bits per heavy atom. The Balaban J connectivity index is 1.63. The molecular weight excluding hydrogens is 370 g/mol. The molecule has 0 bridgehead atoms. The van der Waals surface area contributed by atoms with Gasteiger partial charge in [0, 0.05) is 18.4 Å². The van der Waals surface area contributed by atoms with Crippen LogP contribution in [0.3, 0.4) is 0 Å². The topological polar surface area (TPSA) is 59.2 Å². The molecule has 6 heteroatoms.